The van der Waals surface area contributed by atoms with E-state index in [1.165, 1.54) is 6.07 Å². The lowest BCUT2D eigenvalue weighted by Crippen LogP contribution is -2.03. The van der Waals surface area contributed by atoms with E-state index in [1.54, 1.807) is 19.2 Å². The Bertz CT molecular complexity index is 352. The molecule has 0 atom stereocenters. The van der Waals surface area contributed by atoms with Crippen molar-refractivity contribution < 1.29 is 9.13 Å². The molecule has 0 saturated carbocycles. The molecule has 1 aromatic carbocycles. The van der Waals surface area contributed by atoms with E-state index in [0.717, 1.165) is 32.2 Å². The monoisotopic (exact) mass is 237 g/mol. The third-order valence-electron chi connectivity index (χ3n) is 2.57. The second-order valence-corrected chi connectivity index (χ2v) is 3.91. The van der Waals surface area contributed by atoms with Gasteiger partial charge in [0.25, 0.3) is 0 Å². The minimum atomic E-state index is -0.239. The summed E-state index contributed by atoms with van der Waals surface area (Å²) in [5, 5.41) is 3.08. The van der Waals surface area contributed by atoms with E-state index in [4.69, 9.17) is 4.74 Å². The van der Waals surface area contributed by atoms with Crippen molar-refractivity contribution in [3.05, 3.63) is 36.7 Å². The van der Waals surface area contributed by atoms with Gasteiger partial charge >= 0.3 is 0 Å². The van der Waals surface area contributed by atoms with Gasteiger partial charge in [0.05, 0.1) is 12.8 Å². The molecule has 0 aliphatic carbocycles. The molecule has 0 fully saturated rings. The first-order valence-corrected chi connectivity index (χ1v) is 5.96. The number of hydrogen-bond acceptors (Lipinski definition) is 2. The molecule has 1 rings (SSSR count). The highest BCUT2D eigenvalue weighted by Gasteiger charge is 2.02. The van der Waals surface area contributed by atoms with Crippen molar-refractivity contribution in [3.8, 4) is 5.75 Å². The number of unbranched alkanes of at least 4 members (excludes halogenated alkanes) is 3. The summed E-state index contributed by atoms with van der Waals surface area (Å²) in [4.78, 5) is 0. The van der Waals surface area contributed by atoms with Crippen LogP contribution in [0.4, 0.5) is 10.1 Å². The van der Waals surface area contributed by atoms with Crippen LogP contribution in [0.2, 0.25) is 0 Å². The summed E-state index contributed by atoms with van der Waals surface area (Å²) in [7, 11) is 1.58. The fourth-order valence-corrected chi connectivity index (χ4v) is 1.58. The predicted octanol–water partition coefficient (Wildman–Crippen LogP) is 3.99. The van der Waals surface area contributed by atoms with Gasteiger partial charge in [-0.15, -0.1) is 6.58 Å². The fourth-order valence-electron chi connectivity index (χ4n) is 1.58. The van der Waals surface area contributed by atoms with Crippen molar-refractivity contribution in [2.24, 2.45) is 0 Å². The van der Waals surface area contributed by atoms with Crippen molar-refractivity contribution in [1.82, 2.24) is 0 Å². The summed E-state index contributed by atoms with van der Waals surface area (Å²) < 4.78 is 18.5. The lowest BCUT2D eigenvalue weighted by Gasteiger charge is -2.09. The molecule has 0 radical (unpaired) electrons. The van der Waals surface area contributed by atoms with Gasteiger partial charge in [-0.25, -0.2) is 4.39 Å². The molecule has 0 bridgehead atoms. The number of allylic oxidation sites excluding steroid dienone is 1. The first-order valence-electron chi connectivity index (χ1n) is 5.96. The standard InChI is InChI=1S/C14H20FNO/c1-3-4-5-6-7-10-16-14-11-12(17-2)8-9-13(14)15/h3,8-9,11,16H,1,4-7,10H2,2H3. The van der Waals surface area contributed by atoms with Crippen molar-refractivity contribution >= 4 is 5.69 Å². The van der Waals surface area contributed by atoms with E-state index in [1.807, 2.05) is 6.08 Å². The Morgan fingerprint density at radius 3 is 2.88 bits per heavy atom. The summed E-state index contributed by atoms with van der Waals surface area (Å²) in [5.41, 5.74) is 0.507. The van der Waals surface area contributed by atoms with Gasteiger partial charge in [-0.05, 0) is 31.4 Å². The van der Waals surface area contributed by atoms with Crippen molar-refractivity contribution in [3.63, 3.8) is 0 Å². The fraction of sp³-hybridized carbons (Fsp3) is 0.429. The molecule has 17 heavy (non-hydrogen) atoms. The molecule has 0 heterocycles. The molecule has 1 aromatic rings. The van der Waals surface area contributed by atoms with E-state index in [-0.39, 0.29) is 5.82 Å². The third kappa shape index (κ3) is 4.89. The van der Waals surface area contributed by atoms with E-state index in [9.17, 15) is 4.39 Å². The van der Waals surface area contributed by atoms with Gasteiger partial charge in [0, 0.05) is 12.6 Å². The van der Waals surface area contributed by atoms with Gasteiger partial charge in [-0.3, -0.25) is 0 Å². The van der Waals surface area contributed by atoms with Crippen LogP contribution in [0.25, 0.3) is 0 Å². The van der Waals surface area contributed by atoms with Crippen LogP contribution in [-0.2, 0) is 0 Å². The molecule has 3 heteroatoms. The van der Waals surface area contributed by atoms with E-state index in [2.05, 4.69) is 11.9 Å². The number of hydrogen-bond donors (Lipinski definition) is 1. The Labute approximate surface area is 102 Å². The number of methoxy groups -OCH3 is 1. The maximum atomic E-state index is 13.4. The number of ether oxygens (including phenoxy) is 1. The molecule has 0 saturated heterocycles. The van der Waals surface area contributed by atoms with Crippen molar-refractivity contribution in [1.29, 1.82) is 0 Å². The highest BCUT2D eigenvalue weighted by Crippen LogP contribution is 2.21. The Hall–Kier alpha value is -1.51. The molecule has 0 unspecified atom stereocenters. The molecule has 0 spiro atoms. The van der Waals surface area contributed by atoms with Crippen LogP contribution >= 0.6 is 0 Å². The zero-order valence-corrected chi connectivity index (χ0v) is 10.3. The lowest BCUT2D eigenvalue weighted by molar-refractivity contribution is 0.414. The molecular weight excluding hydrogens is 217 g/mol. The van der Waals surface area contributed by atoms with Crippen molar-refractivity contribution in [2.45, 2.75) is 25.7 Å². The Morgan fingerprint density at radius 1 is 1.35 bits per heavy atom. The minimum Gasteiger partial charge on any atom is -0.497 e. The summed E-state index contributed by atoms with van der Waals surface area (Å²) in [5.74, 6) is 0.428. The minimum absolute atomic E-state index is 0.239. The van der Waals surface area contributed by atoms with Crippen LogP contribution in [-0.4, -0.2) is 13.7 Å². The Morgan fingerprint density at radius 2 is 2.18 bits per heavy atom. The number of nitrogens with one attached hydrogen (secondary N) is 1. The largest absolute Gasteiger partial charge is 0.497 e. The lowest BCUT2D eigenvalue weighted by atomic mass is 10.2. The van der Waals surface area contributed by atoms with Gasteiger partial charge in [0.15, 0.2) is 0 Å². The molecule has 0 aromatic heterocycles. The first-order chi connectivity index (χ1) is 8.27. The highest BCUT2D eigenvalue weighted by molar-refractivity contribution is 5.49. The number of rotatable bonds is 8. The maximum absolute atomic E-state index is 13.4. The highest BCUT2D eigenvalue weighted by atomic mass is 19.1. The molecule has 1 N–H and O–H groups in total. The number of anilines is 1. The molecule has 0 aliphatic heterocycles. The van der Waals surface area contributed by atoms with Crippen LogP contribution in [0, 0.1) is 5.82 Å². The maximum Gasteiger partial charge on any atom is 0.146 e. The summed E-state index contributed by atoms with van der Waals surface area (Å²) in [6.07, 6.45) is 6.28. The smallest absolute Gasteiger partial charge is 0.146 e. The molecule has 2 nitrogen and oxygen atoms in total. The summed E-state index contributed by atoms with van der Waals surface area (Å²) in [6, 6.07) is 4.71. The van der Waals surface area contributed by atoms with Crippen molar-refractivity contribution in [2.75, 3.05) is 19.0 Å². The molecular formula is C14H20FNO. The van der Waals surface area contributed by atoms with E-state index in [0.29, 0.717) is 11.4 Å². The molecule has 94 valence electrons. The molecule has 0 amide bonds. The second-order valence-electron chi connectivity index (χ2n) is 3.91. The number of halogens is 1. The average molecular weight is 237 g/mol. The average Bonchev–Trinajstić information content (AvgIpc) is 2.35. The summed E-state index contributed by atoms with van der Waals surface area (Å²) >= 11 is 0. The summed E-state index contributed by atoms with van der Waals surface area (Å²) in [6.45, 7) is 4.46. The van der Waals surface area contributed by atoms with Crippen LogP contribution in [0.3, 0.4) is 0 Å². The Kier molecular flexibility index (Phi) is 6.15. The van der Waals surface area contributed by atoms with Gasteiger partial charge in [0.1, 0.15) is 11.6 Å². The first kappa shape index (κ1) is 13.6. The Balaban J connectivity index is 2.32. The SMILES string of the molecule is C=CCCCCCNc1cc(OC)ccc1F. The van der Waals surface area contributed by atoms with E-state index < -0.39 is 0 Å². The second kappa shape index (κ2) is 7.71. The van der Waals surface area contributed by atoms with Crippen LogP contribution in [0.5, 0.6) is 5.75 Å². The molecule has 0 aliphatic rings. The van der Waals surface area contributed by atoms with Gasteiger partial charge in [0.2, 0.25) is 0 Å². The predicted molar refractivity (Wildman–Crippen MR) is 70.1 cm³/mol. The topological polar surface area (TPSA) is 21.3 Å². The normalized spacial score (nSPS) is 10.0. The zero-order valence-electron chi connectivity index (χ0n) is 10.3. The van der Waals surface area contributed by atoms with Crippen LogP contribution in [0.15, 0.2) is 30.9 Å². The van der Waals surface area contributed by atoms with Gasteiger partial charge < -0.3 is 10.1 Å². The van der Waals surface area contributed by atoms with Crippen LogP contribution in [0.1, 0.15) is 25.7 Å². The van der Waals surface area contributed by atoms with E-state index >= 15 is 0 Å². The zero-order chi connectivity index (χ0) is 12.5. The third-order valence-corrected chi connectivity index (χ3v) is 2.57. The quantitative estimate of drug-likeness (QED) is 0.545. The number of benzene rings is 1. The van der Waals surface area contributed by atoms with Gasteiger partial charge in [-0.2, -0.15) is 0 Å². The van der Waals surface area contributed by atoms with Crippen LogP contribution < -0.4 is 10.1 Å². The van der Waals surface area contributed by atoms with Gasteiger partial charge in [-0.1, -0.05) is 12.5 Å².